The topological polar surface area (TPSA) is 32.5 Å². The lowest BCUT2D eigenvalue weighted by molar-refractivity contribution is 0.213. The van der Waals surface area contributed by atoms with Crippen molar-refractivity contribution in [1.29, 1.82) is 0 Å². The first-order chi connectivity index (χ1) is 8.83. The minimum atomic E-state index is 0.193. The summed E-state index contributed by atoms with van der Waals surface area (Å²) < 4.78 is 0. The van der Waals surface area contributed by atoms with Crippen molar-refractivity contribution in [3.63, 3.8) is 0 Å². The van der Waals surface area contributed by atoms with Gasteiger partial charge in [0.2, 0.25) is 0 Å². The van der Waals surface area contributed by atoms with Crippen molar-refractivity contribution in [2.75, 3.05) is 32.7 Å². The molecule has 100 valence electrons. The molecule has 1 aromatic heterocycles. The Balaban J connectivity index is 1.58. The summed E-state index contributed by atoms with van der Waals surface area (Å²) in [4.78, 5) is 6.58. The van der Waals surface area contributed by atoms with E-state index in [9.17, 15) is 0 Å². The molecule has 1 aromatic rings. The SMILES string of the molecule is NC(CN1CCCN2CCCC2C1)c1cccs1. The molecule has 0 saturated carbocycles. The molecule has 2 saturated heterocycles. The number of hydrogen-bond acceptors (Lipinski definition) is 4. The Morgan fingerprint density at radius 3 is 3.06 bits per heavy atom. The monoisotopic (exact) mass is 265 g/mol. The molecule has 18 heavy (non-hydrogen) atoms. The zero-order valence-electron chi connectivity index (χ0n) is 10.9. The normalized spacial score (nSPS) is 27.9. The molecule has 0 aromatic carbocycles. The zero-order chi connectivity index (χ0) is 12.4. The molecule has 0 radical (unpaired) electrons. The average molecular weight is 265 g/mol. The highest BCUT2D eigenvalue weighted by Crippen LogP contribution is 2.23. The fourth-order valence-electron chi connectivity index (χ4n) is 3.32. The van der Waals surface area contributed by atoms with Crippen LogP contribution in [0.15, 0.2) is 17.5 Å². The summed E-state index contributed by atoms with van der Waals surface area (Å²) >= 11 is 1.78. The van der Waals surface area contributed by atoms with E-state index in [0.29, 0.717) is 0 Å². The minimum Gasteiger partial charge on any atom is -0.322 e. The lowest BCUT2D eigenvalue weighted by Crippen LogP contribution is -2.39. The third-order valence-electron chi connectivity index (χ3n) is 4.25. The number of nitrogens with zero attached hydrogens (tertiary/aromatic N) is 2. The first-order valence-electron chi connectivity index (χ1n) is 7.08. The van der Waals surface area contributed by atoms with Crippen LogP contribution >= 0.6 is 11.3 Å². The second kappa shape index (κ2) is 5.70. The van der Waals surface area contributed by atoms with E-state index in [4.69, 9.17) is 5.73 Å². The van der Waals surface area contributed by atoms with E-state index in [-0.39, 0.29) is 6.04 Å². The Labute approximate surface area is 114 Å². The van der Waals surface area contributed by atoms with Crippen molar-refractivity contribution in [2.45, 2.75) is 31.3 Å². The van der Waals surface area contributed by atoms with E-state index in [1.54, 1.807) is 11.3 Å². The van der Waals surface area contributed by atoms with Crippen molar-refractivity contribution >= 4 is 11.3 Å². The molecule has 2 aliphatic rings. The maximum atomic E-state index is 6.31. The van der Waals surface area contributed by atoms with Crippen LogP contribution < -0.4 is 5.73 Å². The summed E-state index contributed by atoms with van der Waals surface area (Å²) in [5.41, 5.74) is 6.31. The summed E-state index contributed by atoms with van der Waals surface area (Å²) in [5.74, 6) is 0. The van der Waals surface area contributed by atoms with E-state index in [1.807, 2.05) is 0 Å². The average Bonchev–Trinajstić information content (AvgIpc) is 2.99. The third kappa shape index (κ3) is 2.77. The van der Waals surface area contributed by atoms with Gasteiger partial charge < -0.3 is 5.73 Å². The van der Waals surface area contributed by atoms with Gasteiger partial charge in [-0.1, -0.05) is 6.07 Å². The summed E-state index contributed by atoms with van der Waals surface area (Å²) in [5, 5.41) is 2.12. The van der Waals surface area contributed by atoms with Crippen LogP contribution in [-0.2, 0) is 0 Å². The van der Waals surface area contributed by atoms with Gasteiger partial charge in [-0.15, -0.1) is 11.3 Å². The van der Waals surface area contributed by atoms with Gasteiger partial charge in [-0.25, -0.2) is 0 Å². The predicted octanol–water partition coefficient (Wildman–Crippen LogP) is 1.92. The van der Waals surface area contributed by atoms with Crippen LogP contribution in [0.4, 0.5) is 0 Å². The van der Waals surface area contributed by atoms with E-state index >= 15 is 0 Å². The Morgan fingerprint density at radius 2 is 2.22 bits per heavy atom. The Bertz CT molecular complexity index is 365. The molecule has 0 spiro atoms. The van der Waals surface area contributed by atoms with Gasteiger partial charge in [-0.3, -0.25) is 9.80 Å². The van der Waals surface area contributed by atoms with Gasteiger partial charge in [-0.2, -0.15) is 0 Å². The molecule has 2 atom stereocenters. The van der Waals surface area contributed by atoms with Crippen LogP contribution in [0.5, 0.6) is 0 Å². The molecule has 0 aliphatic carbocycles. The van der Waals surface area contributed by atoms with Gasteiger partial charge in [-0.05, 0) is 50.3 Å². The molecule has 2 fully saturated rings. The van der Waals surface area contributed by atoms with Gasteiger partial charge in [0.25, 0.3) is 0 Å². The highest BCUT2D eigenvalue weighted by Gasteiger charge is 2.29. The van der Waals surface area contributed by atoms with Crippen molar-refractivity contribution in [1.82, 2.24) is 9.80 Å². The van der Waals surface area contributed by atoms with Crippen LogP contribution in [0.25, 0.3) is 0 Å². The summed E-state index contributed by atoms with van der Waals surface area (Å²) in [6.07, 6.45) is 4.06. The lowest BCUT2D eigenvalue weighted by Gasteiger charge is -2.27. The van der Waals surface area contributed by atoms with E-state index in [2.05, 4.69) is 27.3 Å². The Kier molecular flexibility index (Phi) is 3.99. The molecule has 2 unspecified atom stereocenters. The van der Waals surface area contributed by atoms with Crippen LogP contribution in [0.1, 0.15) is 30.2 Å². The molecule has 0 bridgehead atoms. The molecule has 2 N–H and O–H groups in total. The number of fused-ring (bicyclic) bond motifs is 1. The maximum Gasteiger partial charge on any atom is 0.0519 e. The van der Waals surface area contributed by atoms with Crippen LogP contribution in [0.3, 0.4) is 0 Å². The smallest absolute Gasteiger partial charge is 0.0519 e. The summed E-state index contributed by atoms with van der Waals surface area (Å²) in [6.45, 7) is 6.06. The van der Waals surface area contributed by atoms with Gasteiger partial charge >= 0.3 is 0 Å². The predicted molar refractivity (Wildman–Crippen MR) is 76.9 cm³/mol. The molecular weight excluding hydrogens is 242 g/mol. The quantitative estimate of drug-likeness (QED) is 0.906. The number of nitrogens with two attached hydrogens (primary N) is 1. The second-order valence-electron chi connectivity index (χ2n) is 5.57. The van der Waals surface area contributed by atoms with Crippen molar-refractivity contribution in [3.8, 4) is 0 Å². The maximum absolute atomic E-state index is 6.31. The van der Waals surface area contributed by atoms with Gasteiger partial charge in [0.15, 0.2) is 0 Å². The molecule has 3 nitrogen and oxygen atoms in total. The third-order valence-corrected chi connectivity index (χ3v) is 5.26. The highest BCUT2D eigenvalue weighted by molar-refractivity contribution is 7.10. The lowest BCUT2D eigenvalue weighted by atomic mass is 10.2. The molecule has 2 aliphatic heterocycles. The second-order valence-corrected chi connectivity index (χ2v) is 6.55. The van der Waals surface area contributed by atoms with Gasteiger partial charge in [0.05, 0.1) is 6.04 Å². The van der Waals surface area contributed by atoms with Crippen molar-refractivity contribution < 1.29 is 0 Å². The van der Waals surface area contributed by atoms with Crippen molar-refractivity contribution in [3.05, 3.63) is 22.4 Å². The summed E-state index contributed by atoms with van der Waals surface area (Å²) in [7, 11) is 0. The number of hydrogen-bond donors (Lipinski definition) is 1. The molecule has 3 heterocycles. The first-order valence-corrected chi connectivity index (χ1v) is 7.96. The van der Waals surface area contributed by atoms with Gasteiger partial charge in [0.1, 0.15) is 0 Å². The molecule has 3 rings (SSSR count). The highest BCUT2D eigenvalue weighted by atomic mass is 32.1. The summed E-state index contributed by atoms with van der Waals surface area (Å²) in [6, 6.07) is 5.25. The largest absolute Gasteiger partial charge is 0.322 e. The van der Waals surface area contributed by atoms with E-state index in [0.717, 1.165) is 12.6 Å². The first kappa shape index (κ1) is 12.6. The fourth-order valence-corrected chi connectivity index (χ4v) is 4.04. The van der Waals surface area contributed by atoms with Crippen LogP contribution in [0.2, 0.25) is 0 Å². The van der Waals surface area contributed by atoms with Crippen molar-refractivity contribution in [2.24, 2.45) is 5.73 Å². The molecule has 4 heteroatoms. The fraction of sp³-hybridized carbons (Fsp3) is 0.714. The van der Waals surface area contributed by atoms with Gasteiger partial charge in [0, 0.05) is 24.0 Å². The Hall–Kier alpha value is -0.420. The Morgan fingerprint density at radius 1 is 1.33 bits per heavy atom. The van der Waals surface area contributed by atoms with E-state index in [1.165, 1.54) is 50.3 Å². The minimum absolute atomic E-state index is 0.193. The molecule has 0 amide bonds. The standard InChI is InChI=1S/C14H23N3S/c15-13(14-5-2-9-18-14)11-16-6-3-8-17-7-1-4-12(17)10-16/h2,5,9,12-13H,1,3-4,6-8,10-11,15H2. The number of thiophene rings is 1. The molecular formula is C14H23N3S. The van der Waals surface area contributed by atoms with Crippen LogP contribution in [-0.4, -0.2) is 48.6 Å². The van der Waals surface area contributed by atoms with Crippen LogP contribution in [0, 0.1) is 0 Å². The number of rotatable bonds is 3. The zero-order valence-corrected chi connectivity index (χ0v) is 11.7. The van der Waals surface area contributed by atoms with E-state index < -0.39 is 0 Å².